The molecule has 1 aliphatic carbocycles. The maximum absolute atomic E-state index is 12.9. The third kappa shape index (κ3) is 5.11. The molecule has 4 amide bonds. The van der Waals surface area contributed by atoms with Gasteiger partial charge in [-0.05, 0) is 43.7 Å². The summed E-state index contributed by atoms with van der Waals surface area (Å²) in [6.45, 7) is 2.50. The first kappa shape index (κ1) is 21.1. The van der Waals surface area contributed by atoms with Crippen LogP contribution in [0, 0.1) is 0 Å². The molecule has 2 aromatic carbocycles. The van der Waals surface area contributed by atoms with Crippen molar-refractivity contribution < 1.29 is 14.4 Å². The van der Waals surface area contributed by atoms with E-state index in [0.29, 0.717) is 25.4 Å². The van der Waals surface area contributed by atoms with Crippen LogP contribution in [0.1, 0.15) is 37.3 Å². The van der Waals surface area contributed by atoms with Crippen LogP contribution in [0.2, 0.25) is 0 Å². The van der Waals surface area contributed by atoms with Gasteiger partial charge in [0.05, 0.1) is 6.54 Å². The minimum absolute atomic E-state index is 0.136. The topological polar surface area (TPSA) is 81.8 Å². The van der Waals surface area contributed by atoms with Crippen molar-refractivity contribution in [2.45, 2.75) is 50.7 Å². The Labute approximate surface area is 182 Å². The summed E-state index contributed by atoms with van der Waals surface area (Å²) < 4.78 is 0. The van der Waals surface area contributed by atoms with Crippen molar-refractivity contribution in [3.8, 4) is 0 Å². The summed E-state index contributed by atoms with van der Waals surface area (Å²) in [7, 11) is 0. The van der Waals surface area contributed by atoms with Gasteiger partial charge < -0.3 is 5.32 Å². The van der Waals surface area contributed by atoms with Crippen molar-refractivity contribution in [3.63, 3.8) is 0 Å². The standard InChI is InChI=1S/C24H28N4O3/c1-24(15-14-18-8-4-2-5-9-18)22(30)28(23(31)25-24)26-21(29)17-27(20-12-13-20)16-19-10-6-3-7-11-19/h2-11,20H,12-17H2,1H3,(H,25,31)(H,26,29)/t24-/m0/s1. The Morgan fingerprint density at radius 1 is 1.06 bits per heavy atom. The van der Waals surface area contributed by atoms with Gasteiger partial charge >= 0.3 is 6.03 Å². The molecule has 0 radical (unpaired) electrons. The first-order valence-corrected chi connectivity index (χ1v) is 10.7. The zero-order valence-electron chi connectivity index (χ0n) is 17.7. The molecule has 0 unspecified atom stereocenters. The molecule has 0 aromatic heterocycles. The van der Waals surface area contributed by atoms with Crippen LogP contribution in [0.4, 0.5) is 4.79 Å². The highest BCUT2D eigenvalue weighted by atomic mass is 16.2. The average molecular weight is 421 g/mol. The first-order valence-electron chi connectivity index (χ1n) is 10.7. The Kier molecular flexibility index (Phi) is 6.04. The molecule has 0 bridgehead atoms. The van der Waals surface area contributed by atoms with Crippen LogP contribution in [-0.4, -0.2) is 45.9 Å². The number of carbonyl (C=O) groups excluding carboxylic acids is 3. The van der Waals surface area contributed by atoms with Gasteiger partial charge in [0, 0.05) is 12.6 Å². The lowest BCUT2D eigenvalue weighted by molar-refractivity contribution is -0.139. The van der Waals surface area contributed by atoms with Gasteiger partial charge in [0.1, 0.15) is 5.54 Å². The van der Waals surface area contributed by atoms with Crippen LogP contribution < -0.4 is 10.7 Å². The van der Waals surface area contributed by atoms with Crippen LogP contribution in [0.3, 0.4) is 0 Å². The number of amides is 4. The number of urea groups is 1. The number of nitrogens with one attached hydrogen (secondary N) is 2. The Morgan fingerprint density at radius 3 is 2.29 bits per heavy atom. The Bertz CT molecular complexity index is 946. The van der Waals surface area contributed by atoms with Crippen LogP contribution in [0.5, 0.6) is 0 Å². The summed E-state index contributed by atoms with van der Waals surface area (Å²) in [6, 6.07) is 19.6. The zero-order chi connectivity index (χ0) is 21.8. The van der Waals surface area contributed by atoms with E-state index in [0.717, 1.165) is 29.0 Å². The summed E-state index contributed by atoms with van der Waals surface area (Å²) in [4.78, 5) is 40.1. The Balaban J connectivity index is 1.35. The van der Waals surface area contributed by atoms with Gasteiger partial charge in [-0.1, -0.05) is 60.7 Å². The fraction of sp³-hybridized carbons (Fsp3) is 0.375. The maximum atomic E-state index is 12.9. The van der Waals surface area contributed by atoms with Gasteiger partial charge in [0.2, 0.25) is 0 Å². The highest BCUT2D eigenvalue weighted by Gasteiger charge is 2.48. The van der Waals surface area contributed by atoms with Crippen molar-refractivity contribution in [3.05, 3.63) is 71.8 Å². The molecule has 2 N–H and O–H groups in total. The van der Waals surface area contributed by atoms with Crippen LogP contribution >= 0.6 is 0 Å². The number of carbonyl (C=O) groups is 3. The lowest BCUT2D eigenvalue weighted by atomic mass is 9.93. The highest BCUT2D eigenvalue weighted by Crippen LogP contribution is 2.28. The van der Waals surface area contributed by atoms with E-state index in [9.17, 15) is 14.4 Å². The van der Waals surface area contributed by atoms with Gasteiger partial charge in [0.25, 0.3) is 11.8 Å². The number of nitrogens with zero attached hydrogens (tertiary/aromatic N) is 2. The number of aryl methyl sites for hydroxylation is 1. The molecular formula is C24H28N4O3. The predicted octanol–water partition coefficient (Wildman–Crippen LogP) is 2.63. The molecule has 1 saturated carbocycles. The Hall–Kier alpha value is -3.19. The van der Waals surface area contributed by atoms with Crippen LogP contribution in [0.15, 0.2) is 60.7 Å². The molecule has 7 nitrogen and oxygen atoms in total. The second-order valence-corrected chi connectivity index (χ2v) is 8.55. The van der Waals surface area contributed by atoms with Crippen molar-refractivity contribution in [1.29, 1.82) is 0 Å². The number of hydrazine groups is 1. The third-order valence-corrected chi connectivity index (χ3v) is 5.89. The molecule has 31 heavy (non-hydrogen) atoms. The molecule has 1 aliphatic heterocycles. The van der Waals surface area contributed by atoms with Crippen molar-refractivity contribution in [1.82, 2.24) is 20.7 Å². The minimum atomic E-state index is -1.04. The number of imide groups is 1. The van der Waals surface area contributed by atoms with E-state index in [1.165, 1.54) is 0 Å². The molecule has 2 fully saturated rings. The smallest absolute Gasteiger partial charge is 0.322 e. The molecule has 0 spiro atoms. The van der Waals surface area contributed by atoms with Crippen molar-refractivity contribution in [2.75, 3.05) is 6.54 Å². The quantitative estimate of drug-likeness (QED) is 0.611. The van der Waals surface area contributed by atoms with E-state index in [-0.39, 0.29) is 12.5 Å². The van der Waals surface area contributed by atoms with E-state index < -0.39 is 17.5 Å². The van der Waals surface area contributed by atoms with E-state index in [1.807, 2.05) is 60.7 Å². The SMILES string of the molecule is C[C@@]1(CCc2ccccc2)NC(=O)N(NC(=O)CN(Cc2ccccc2)C2CC2)C1=O. The molecule has 2 aliphatic rings. The molecule has 1 saturated heterocycles. The predicted molar refractivity (Wildman–Crippen MR) is 117 cm³/mol. The fourth-order valence-corrected chi connectivity index (χ4v) is 3.91. The fourth-order valence-electron chi connectivity index (χ4n) is 3.91. The van der Waals surface area contributed by atoms with Crippen LogP contribution in [0.25, 0.3) is 0 Å². The normalized spacial score (nSPS) is 20.8. The van der Waals surface area contributed by atoms with E-state index in [1.54, 1.807) is 6.92 Å². The lowest BCUT2D eigenvalue weighted by Crippen LogP contribution is -2.51. The zero-order valence-corrected chi connectivity index (χ0v) is 17.7. The summed E-state index contributed by atoms with van der Waals surface area (Å²) in [5.41, 5.74) is 3.70. The largest absolute Gasteiger partial charge is 0.344 e. The van der Waals surface area contributed by atoms with Crippen molar-refractivity contribution >= 4 is 17.8 Å². The van der Waals surface area contributed by atoms with Gasteiger partial charge in [-0.15, -0.1) is 0 Å². The number of hydrogen-bond acceptors (Lipinski definition) is 4. The highest BCUT2D eigenvalue weighted by molar-refractivity contribution is 6.07. The number of benzene rings is 2. The molecular weight excluding hydrogens is 392 g/mol. The van der Waals surface area contributed by atoms with Gasteiger partial charge in [-0.3, -0.25) is 19.9 Å². The second-order valence-electron chi connectivity index (χ2n) is 8.55. The first-order chi connectivity index (χ1) is 14.9. The van der Waals surface area contributed by atoms with Gasteiger partial charge in [-0.2, -0.15) is 5.01 Å². The minimum Gasteiger partial charge on any atom is -0.322 e. The van der Waals surface area contributed by atoms with Crippen LogP contribution in [-0.2, 0) is 22.6 Å². The number of rotatable bonds is 9. The van der Waals surface area contributed by atoms with E-state index in [2.05, 4.69) is 15.6 Å². The summed E-state index contributed by atoms with van der Waals surface area (Å²) in [5.74, 6) is -0.790. The van der Waals surface area contributed by atoms with E-state index >= 15 is 0 Å². The second kappa shape index (κ2) is 8.89. The molecule has 7 heteroatoms. The van der Waals surface area contributed by atoms with Gasteiger partial charge in [0.15, 0.2) is 0 Å². The number of hydrogen-bond donors (Lipinski definition) is 2. The molecule has 2 aromatic rings. The molecule has 1 atom stereocenters. The molecule has 1 heterocycles. The molecule has 162 valence electrons. The summed E-state index contributed by atoms with van der Waals surface area (Å²) in [5, 5.41) is 3.58. The third-order valence-electron chi connectivity index (χ3n) is 5.89. The summed E-state index contributed by atoms with van der Waals surface area (Å²) in [6.07, 6.45) is 3.22. The monoisotopic (exact) mass is 420 g/mol. The molecule has 4 rings (SSSR count). The lowest BCUT2D eigenvalue weighted by Gasteiger charge is -2.24. The Morgan fingerprint density at radius 2 is 1.68 bits per heavy atom. The average Bonchev–Trinajstić information content (AvgIpc) is 3.59. The maximum Gasteiger partial charge on any atom is 0.344 e. The van der Waals surface area contributed by atoms with Crippen molar-refractivity contribution in [2.24, 2.45) is 0 Å². The summed E-state index contributed by atoms with van der Waals surface area (Å²) >= 11 is 0. The van der Waals surface area contributed by atoms with E-state index in [4.69, 9.17) is 0 Å². The van der Waals surface area contributed by atoms with Gasteiger partial charge in [-0.25, -0.2) is 4.79 Å².